The van der Waals surface area contributed by atoms with Gasteiger partial charge in [0.25, 0.3) is 0 Å². The first-order chi connectivity index (χ1) is 14.8. The van der Waals surface area contributed by atoms with Crippen molar-refractivity contribution in [1.29, 1.82) is 0 Å². The molecule has 31 heavy (non-hydrogen) atoms. The van der Waals surface area contributed by atoms with Crippen molar-refractivity contribution in [2.45, 2.75) is 31.7 Å². The summed E-state index contributed by atoms with van der Waals surface area (Å²) in [6.45, 7) is 1.87. The molecule has 0 aliphatic heterocycles. The van der Waals surface area contributed by atoms with Gasteiger partial charge in [0.05, 0.1) is 16.7 Å². The van der Waals surface area contributed by atoms with Gasteiger partial charge in [0.1, 0.15) is 5.65 Å². The molecule has 160 valence electrons. The number of hydrogen-bond acceptors (Lipinski definition) is 8. The number of rotatable bonds is 6. The van der Waals surface area contributed by atoms with Crippen LogP contribution < -0.4 is 10.1 Å². The van der Waals surface area contributed by atoms with Gasteiger partial charge in [-0.1, -0.05) is 10.4 Å². The number of anilines is 1. The zero-order chi connectivity index (χ0) is 22.1. The number of nitro benzene ring substituents is 1. The van der Waals surface area contributed by atoms with Crippen LogP contribution in [0.15, 0.2) is 47.1 Å². The fraction of sp³-hybridized carbons (Fsp3) is 0.263. The summed E-state index contributed by atoms with van der Waals surface area (Å²) in [5.74, 6) is 0.211. The number of carbonyl (C=O) groups excluding carboxylic acids is 1. The Morgan fingerprint density at radius 1 is 1.32 bits per heavy atom. The number of pyridine rings is 1. The van der Waals surface area contributed by atoms with Gasteiger partial charge in [0.15, 0.2) is 0 Å². The fourth-order valence-corrected chi connectivity index (χ4v) is 3.39. The standard InChI is InChI=1S/C19H17N5O6S/c1-11(15-10-23-9-13(12-2-3-12)4-7-18(23)21-15)20-14-5-6-17(16(8-14)24(26)27)30-19(25)22-31(28)29/h4-12,20H,2-3H2,1H3. The molecule has 1 unspecified atom stereocenters. The lowest BCUT2D eigenvalue weighted by Gasteiger charge is -2.13. The minimum absolute atomic E-state index is 0.268. The van der Waals surface area contributed by atoms with Gasteiger partial charge in [-0.2, -0.15) is 8.42 Å². The summed E-state index contributed by atoms with van der Waals surface area (Å²) in [7, 11) is -3.02. The van der Waals surface area contributed by atoms with E-state index < -0.39 is 33.0 Å². The number of ether oxygens (including phenoxy) is 1. The lowest BCUT2D eigenvalue weighted by molar-refractivity contribution is -0.385. The van der Waals surface area contributed by atoms with Gasteiger partial charge >= 0.3 is 22.3 Å². The van der Waals surface area contributed by atoms with Crippen molar-refractivity contribution in [2.75, 3.05) is 5.32 Å². The lowest BCUT2D eigenvalue weighted by Crippen LogP contribution is -2.08. The molecule has 1 aliphatic carbocycles. The highest BCUT2D eigenvalue weighted by Crippen LogP contribution is 2.40. The number of imidazole rings is 1. The van der Waals surface area contributed by atoms with Crippen LogP contribution in [0.3, 0.4) is 0 Å². The quantitative estimate of drug-likeness (QED) is 0.446. The summed E-state index contributed by atoms with van der Waals surface area (Å²) in [6.07, 6.45) is 4.93. The van der Waals surface area contributed by atoms with Crippen LogP contribution in [-0.2, 0) is 10.5 Å². The van der Waals surface area contributed by atoms with Crippen LogP contribution in [0.5, 0.6) is 5.75 Å². The van der Waals surface area contributed by atoms with Crippen molar-refractivity contribution in [1.82, 2.24) is 9.38 Å². The lowest BCUT2D eigenvalue weighted by atomic mass is 10.2. The van der Waals surface area contributed by atoms with Gasteiger partial charge in [0, 0.05) is 24.1 Å². The van der Waals surface area contributed by atoms with Crippen LogP contribution in [0, 0.1) is 10.1 Å². The Kier molecular flexibility index (Phi) is 5.38. The number of aromatic nitrogens is 2. The van der Waals surface area contributed by atoms with Crippen LogP contribution in [0.2, 0.25) is 0 Å². The van der Waals surface area contributed by atoms with Gasteiger partial charge in [0.2, 0.25) is 5.75 Å². The second-order valence-corrected chi connectivity index (χ2v) is 7.77. The fourth-order valence-electron chi connectivity index (χ4n) is 3.23. The molecule has 1 saturated carbocycles. The third-order valence-corrected chi connectivity index (χ3v) is 5.17. The van der Waals surface area contributed by atoms with Crippen LogP contribution in [-0.4, -0.2) is 28.8 Å². The maximum Gasteiger partial charge on any atom is 0.454 e. The molecule has 0 spiro atoms. The highest BCUT2D eigenvalue weighted by atomic mass is 32.2. The monoisotopic (exact) mass is 443 g/mol. The number of nitro groups is 1. The average molecular weight is 443 g/mol. The van der Waals surface area contributed by atoms with Crippen molar-refractivity contribution in [2.24, 2.45) is 4.36 Å². The van der Waals surface area contributed by atoms with E-state index in [1.807, 2.05) is 23.6 Å². The zero-order valence-electron chi connectivity index (χ0n) is 16.3. The summed E-state index contributed by atoms with van der Waals surface area (Å²) >= 11 is 0. The van der Waals surface area contributed by atoms with E-state index in [0.717, 1.165) is 11.3 Å². The highest BCUT2D eigenvalue weighted by Gasteiger charge is 2.24. The molecule has 1 aromatic carbocycles. The average Bonchev–Trinajstić information content (AvgIpc) is 3.46. The summed E-state index contributed by atoms with van der Waals surface area (Å²) in [5.41, 5.74) is 2.73. The Morgan fingerprint density at radius 2 is 2.10 bits per heavy atom. The largest absolute Gasteiger partial charge is 0.454 e. The first-order valence-electron chi connectivity index (χ1n) is 9.36. The minimum Gasteiger partial charge on any atom is -0.401 e. The summed E-state index contributed by atoms with van der Waals surface area (Å²) < 4.78 is 30.1. The Labute approximate surface area is 177 Å². The maximum absolute atomic E-state index is 11.4. The van der Waals surface area contributed by atoms with E-state index in [0.29, 0.717) is 11.6 Å². The molecule has 0 saturated heterocycles. The number of nitrogens with one attached hydrogen (secondary N) is 1. The van der Waals surface area contributed by atoms with E-state index in [2.05, 4.69) is 31.7 Å². The van der Waals surface area contributed by atoms with Crippen LogP contribution in [0.1, 0.15) is 43.0 Å². The normalized spacial score (nSPS) is 14.1. The summed E-state index contributed by atoms with van der Waals surface area (Å²) in [4.78, 5) is 26.6. The molecule has 1 atom stereocenters. The topological polar surface area (TPSA) is 145 Å². The number of fused-ring (bicyclic) bond motifs is 1. The highest BCUT2D eigenvalue weighted by molar-refractivity contribution is 7.62. The molecule has 2 aromatic heterocycles. The van der Waals surface area contributed by atoms with E-state index in [9.17, 15) is 23.3 Å². The minimum atomic E-state index is -3.02. The molecule has 1 N–H and O–H groups in total. The SMILES string of the molecule is CC(Nc1ccc(OC(=O)N=S(=O)=O)c([N+](=O)[O-])c1)c1cn2cc(C3CC3)ccc2n1. The maximum atomic E-state index is 11.4. The number of benzene rings is 1. The molecule has 3 aromatic rings. The summed E-state index contributed by atoms with van der Waals surface area (Å²) in [6, 6.07) is 7.64. The molecule has 1 aliphatic rings. The van der Waals surface area contributed by atoms with E-state index >= 15 is 0 Å². The number of carbonyl (C=O) groups is 1. The smallest absolute Gasteiger partial charge is 0.401 e. The number of amides is 1. The van der Waals surface area contributed by atoms with Crippen molar-refractivity contribution in [3.63, 3.8) is 0 Å². The zero-order valence-corrected chi connectivity index (χ0v) is 17.1. The second-order valence-electron chi connectivity index (χ2n) is 7.15. The molecular formula is C19H17N5O6S. The molecule has 2 heterocycles. The third kappa shape index (κ3) is 4.69. The molecular weight excluding hydrogens is 426 g/mol. The van der Waals surface area contributed by atoms with E-state index in [4.69, 9.17) is 0 Å². The van der Waals surface area contributed by atoms with E-state index in [1.54, 1.807) is 0 Å². The molecule has 0 bridgehead atoms. The van der Waals surface area contributed by atoms with Crippen LogP contribution in [0.25, 0.3) is 5.65 Å². The first kappa shape index (κ1) is 20.5. The van der Waals surface area contributed by atoms with E-state index in [-0.39, 0.29) is 6.04 Å². The van der Waals surface area contributed by atoms with Crippen molar-refractivity contribution >= 4 is 33.6 Å². The van der Waals surface area contributed by atoms with Gasteiger partial charge < -0.3 is 14.5 Å². The number of hydrogen-bond donors (Lipinski definition) is 1. The van der Waals surface area contributed by atoms with Crippen molar-refractivity contribution < 1.29 is 22.9 Å². The Bertz CT molecular complexity index is 1320. The van der Waals surface area contributed by atoms with Gasteiger partial charge in [-0.15, -0.1) is 0 Å². The van der Waals surface area contributed by atoms with Crippen LogP contribution in [0.4, 0.5) is 16.2 Å². The predicted octanol–water partition coefficient (Wildman–Crippen LogP) is 3.85. The van der Waals surface area contributed by atoms with Gasteiger partial charge in [-0.3, -0.25) is 10.1 Å². The number of nitrogens with zero attached hydrogens (tertiary/aromatic N) is 4. The molecule has 4 rings (SSSR count). The molecule has 0 radical (unpaired) electrons. The summed E-state index contributed by atoms with van der Waals surface area (Å²) in [5, 5.41) is 14.5. The van der Waals surface area contributed by atoms with Crippen LogP contribution >= 0.6 is 0 Å². The second kappa shape index (κ2) is 8.14. The molecule has 12 heteroatoms. The molecule has 1 amide bonds. The van der Waals surface area contributed by atoms with Crippen molar-refractivity contribution in [3.05, 3.63) is 64.1 Å². The van der Waals surface area contributed by atoms with E-state index in [1.165, 1.54) is 36.6 Å². The Morgan fingerprint density at radius 3 is 2.77 bits per heavy atom. The Balaban J connectivity index is 1.54. The Hall–Kier alpha value is -3.80. The van der Waals surface area contributed by atoms with Gasteiger partial charge in [-0.05, 0) is 49.4 Å². The first-order valence-corrected chi connectivity index (χ1v) is 10.4. The molecule has 11 nitrogen and oxygen atoms in total. The third-order valence-electron chi connectivity index (χ3n) is 4.87. The van der Waals surface area contributed by atoms with Crippen molar-refractivity contribution in [3.8, 4) is 5.75 Å². The predicted molar refractivity (Wildman–Crippen MR) is 110 cm³/mol. The molecule has 1 fully saturated rings. The van der Waals surface area contributed by atoms with Gasteiger partial charge in [-0.25, -0.2) is 9.78 Å².